The molecule has 1 saturated carbocycles. The molecule has 1 aliphatic carbocycles. The van der Waals surface area contributed by atoms with Crippen LogP contribution in [0.1, 0.15) is 45.1 Å². The van der Waals surface area contributed by atoms with E-state index in [1.165, 1.54) is 6.08 Å². The maximum atomic E-state index is 14.4. The third kappa shape index (κ3) is 5.10. The number of sulfonamides is 2. The van der Waals surface area contributed by atoms with Crippen molar-refractivity contribution in [1.29, 1.82) is 0 Å². The number of halogens is 5. The second kappa shape index (κ2) is 8.75. The van der Waals surface area contributed by atoms with Gasteiger partial charge in [0.15, 0.2) is 0 Å². The summed E-state index contributed by atoms with van der Waals surface area (Å²) in [7, 11) is -10.2. The Bertz CT molecular complexity index is 1060. The van der Waals surface area contributed by atoms with E-state index in [2.05, 4.69) is 0 Å². The monoisotopic (exact) mass is 490 g/mol. The van der Waals surface area contributed by atoms with Gasteiger partial charge in [0.1, 0.15) is 16.4 Å². The van der Waals surface area contributed by atoms with E-state index in [9.17, 15) is 38.8 Å². The van der Waals surface area contributed by atoms with Crippen LogP contribution in [0, 0.1) is 11.6 Å². The van der Waals surface area contributed by atoms with Gasteiger partial charge in [-0.1, -0.05) is 11.6 Å². The Kier molecular flexibility index (Phi) is 7.25. The highest BCUT2D eigenvalue weighted by molar-refractivity contribution is 7.90. The summed E-state index contributed by atoms with van der Waals surface area (Å²) in [5.74, 6) is -1.94. The summed E-state index contributed by atoms with van der Waals surface area (Å²) < 4.78 is 115. The lowest BCUT2D eigenvalue weighted by Gasteiger charge is -2.41. The zero-order valence-electron chi connectivity index (χ0n) is 16.8. The molecule has 0 atom stereocenters. The normalized spacial score (nSPS) is 23.1. The summed E-state index contributed by atoms with van der Waals surface area (Å²) in [6.07, 6.45) is -0.348. The maximum absolute atomic E-state index is 14.4. The van der Waals surface area contributed by atoms with Gasteiger partial charge in [0.2, 0.25) is 10.0 Å². The minimum Gasteiger partial charge on any atom is -0.228 e. The molecule has 2 rings (SSSR count). The summed E-state index contributed by atoms with van der Waals surface area (Å²) in [6, 6.07) is 1.01. The third-order valence-corrected chi connectivity index (χ3v) is 8.78. The van der Waals surface area contributed by atoms with Gasteiger partial charge in [-0.25, -0.2) is 30.8 Å². The van der Waals surface area contributed by atoms with Crippen LogP contribution in [0.3, 0.4) is 0 Å². The molecule has 0 amide bonds. The van der Waals surface area contributed by atoms with Crippen molar-refractivity contribution in [3.8, 4) is 0 Å². The van der Waals surface area contributed by atoms with Crippen molar-refractivity contribution < 1.29 is 38.8 Å². The molecule has 0 saturated heterocycles. The molecule has 0 bridgehead atoms. The molecule has 2 N–H and O–H groups in total. The van der Waals surface area contributed by atoms with Gasteiger partial charge in [-0.2, -0.15) is 17.5 Å². The molecule has 0 aliphatic heterocycles. The number of hydrogen-bond acceptors (Lipinski definition) is 4. The Morgan fingerprint density at radius 3 is 2.16 bits per heavy atom. The van der Waals surface area contributed by atoms with Gasteiger partial charge in [0.05, 0.1) is 0 Å². The molecule has 31 heavy (non-hydrogen) atoms. The molecule has 0 heterocycles. The highest BCUT2D eigenvalue weighted by atomic mass is 32.2. The molecule has 1 fully saturated rings. The second-order valence-electron chi connectivity index (χ2n) is 7.70. The van der Waals surface area contributed by atoms with Gasteiger partial charge in [0, 0.05) is 18.2 Å². The molecular weight excluding hydrogens is 467 g/mol. The number of nitrogens with two attached hydrogens (primary N) is 1. The Labute approximate surface area is 178 Å². The second-order valence-corrected chi connectivity index (χ2v) is 11.5. The average Bonchev–Trinajstić information content (AvgIpc) is 2.62. The fourth-order valence-electron chi connectivity index (χ4n) is 3.76. The molecule has 176 valence electrons. The predicted octanol–water partition coefficient (Wildman–Crippen LogP) is 3.51. The van der Waals surface area contributed by atoms with Gasteiger partial charge in [0.25, 0.3) is 0 Å². The van der Waals surface area contributed by atoms with Crippen LogP contribution in [0.15, 0.2) is 29.8 Å². The van der Waals surface area contributed by atoms with Gasteiger partial charge in [-0.15, -0.1) is 0 Å². The summed E-state index contributed by atoms with van der Waals surface area (Å²) in [5.41, 5.74) is -5.49. The fourth-order valence-corrected chi connectivity index (χ4v) is 6.17. The summed E-state index contributed by atoms with van der Waals surface area (Å²) in [5, 5.41) is 5.33. The van der Waals surface area contributed by atoms with E-state index in [0.29, 0.717) is 11.6 Å². The zero-order valence-corrected chi connectivity index (χ0v) is 18.4. The number of hydrogen-bond donors (Lipinski definition) is 1. The Hall–Kier alpha value is -1.57. The van der Waals surface area contributed by atoms with E-state index in [1.54, 1.807) is 13.8 Å². The number of alkyl halides is 3. The van der Waals surface area contributed by atoms with Gasteiger partial charge in [-0.05, 0) is 57.7 Å². The molecule has 13 heteroatoms. The van der Waals surface area contributed by atoms with Crippen LogP contribution >= 0.6 is 0 Å². The lowest BCUT2D eigenvalue weighted by atomic mass is 9.80. The third-order valence-electron chi connectivity index (χ3n) is 5.41. The minimum atomic E-state index is -5.71. The Balaban J connectivity index is 2.47. The Morgan fingerprint density at radius 1 is 1.16 bits per heavy atom. The van der Waals surface area contributed by atoms with Crippen LogP contribution in [-0.4, -0.2) is 39.2 Å². The van der Waals surface area contributed by atoms with Crippen LogP contribution in [0.5, 0.6) is 0 Å². The molecule has 1 aliphatic rings. The maximum Gasteiger partial charge on any atom is 0.511 e. The minimum absolute atomic E-state index is 0.273. The van der Waals surface area contributed by atoms with E-state index in [-0.39, 0.29) is 17.1 Å². The lowest BCUT2D eigenvalue weighted by Crippen LogP contribution is -2.52. The summed E-state index contributed by atoms with van der Waals surface area (Å²) in [4.78, 5) is 0. The smallest absolute Gasteiger partial charge is 0.228 e. The standard InChI is InChI=1S/C18H23F5N2O4S2/c1-12(2)7-10-25(31(28,29)18(21,22)23)14-5-8-17(9-6-14,30(24,26)27)15-11-13(19)3-4-16(15)20/h3-4,7,11,14H,5-6,8-10H2,1-2H3,(H2,24,26,27). The van der Waals surface area contributed by atoms with E-state index < -0.39 is 72.9 Å². The fraction of sp³-hybridized carbons (Fsp3) is 0.556. The van der Waals surface area contributed by atoms with Gasteiger partial charge >= 0.3 is 15.5 Å². The molecule has 0 spiro atoms. The summed E-state index contributed by atoms with van der Waals surface area (Å²) >= 11 is 0. The average molecular weight is 491 g/mol. The van der Waals surface area contributed by atoms with Crippen molar-refractivity contribution in [1.82, 2.24) is 4.31 Å². The van der Waals surface area contributed by atoms with Crippen molar-refractivity contribution in [2.24, 2.45) is 5.14 Å². The van der Waals surface area contributed by atoms with Crippen molar-refractivity contribution in [2.75, 3.05) is 6.54 Å². The van der Waals surface area contributed by atoms with Crippen molar-refractivity contribution in [3.05, 3.63) is 47.0 Å². The zero-order chi connectivity index (χ0) is 23.8. The quantitative estimate of drug-likeness (QED) is 0.488. The summed E-state index contributed by atoms with van der Waals surface area (Å²) in [6.45, 7) is 2.60. The lowest BCUT2D eigenvalue weighted by molar-refractivity contribution is -0.0502. The van der Waals surface area contributed by atoms with E-state index >= 15 is 0 Å². The van der Waals surface area contributed by atoms with Gasteiger partial charge in [-0.3, -0.25) is 0 Å². The van der Waals surface area contributed by atoms with E-state index in [4.69, 9.17) is 5.14 Å². The van der Waals surface area contributed by atoms with Crippen molar-refractivity contribution in [2.45, 2.75) is 55.8 Å². The van der Waals surface area contributed by atoms with Crippen LogP contribution in [0.2, 0.25) is 0 Å². The first kappa shape index (κ1) is 25.7. The van der Waals surface area contributed by atoms with Crippen LogP contribution in [-0.2, 0) is 24.8 Å². The number of rotatable bonds is 6. The first-order valence-corrected chi connectivity index (χ1v) is 12.2. The molecule has 0 radical (unpaired) electrons. The van der Waals surface area contributed by atoms with E-state index in [1.807, 2.05) is 0 Å². The predicted molar refractivity (Wildman–Crippen MR) is 105 cm³/mol. The Morgan fingerprint density at radius 2 is 1.71 bits per heavy atom. The van der Waals surface area contributed by atoms with Crippen LogP contribution in [0.4, 0.5) is 22.0 Å². The van der Waals surface area contributed by atoms with E-state index in [0.717, 1.165) is 12.1 Å². The topological polar surface area (TPSA) is 97.5 Å². The van der Waals surface area contributed by atoms with Crippen molar-refractivity contribution in [3.63, 3.8) is 0 Å². The number of nitrogens with zero attached hydrogens (tertiary/aromatic N) is 1. The number of benzene rings is 1. The van der Waals surface area contributed by atoms with Crippen LogP contribution < -0.4 is 5.14 Å². The molecule has 0 aromatic heterocycles. The first-order valence-electron chi connectivity index (χ1n) is 9.22. The number of allylic oxidation sites excluding steroid dienone is 1. The largest absolute Gasteiger partial charge is 0.511 e. The van der Waals surface area contributed by atoms with Crippen LogP contribution in [0.25, 0.3) is 0 Å². The molecule has 6 nitrogen and oxygen atoms in total. The molecule has 1 aromatic rings. The number of primary sulfonamides is 1. The highest BCUT2D eigenvalue weighted by Gasteiger charge is 2.54. The molecule has 0 unspecified atom stereocenters. The SMILES string of the molecule is CC(C)=CCN(C1CCC(c2cc(F)ccc2F)(S(N)(=O)=O)CC1)S(=O)(=O)C(F)(F)F. The first-order chi connectivity index (χ1) is 14.0. The molecule has 1 aromatic carbocycles. The highest BCUT2D eigenvalue weighted by Crippen LogP contribution is 2.46. The van der Waals surface area contributed by atoms with Gasteiger partial charge < -0.3 is 0 Å². The van der Waals surface area contributed by atoms with Crippen molar-refractivity contribution >= 4 is 20.0 Å². The molecular formula is C18H23F5N2O4S2.